The Kier molecular flexibility index (Phi) is 4.50. The molecule has 0 aliphatic carbocycles. The topological polar surface area (TPSA) is 44.1 Å². The fraction of sp³-hybridized carbons (Fsp3) is 0.375. The maximum atomic E-state index is 12.1. The highest BCUT2D eigenvalue weighted by atomic mass is 16.1. The maximum Gasteiger partial charge on any atom is 0.178 e. The third kappa shape index (κ3) is 3.96. The van der Waals surface area contributed by atoms with E-state index in [1.807, 2.05) is 70.1 Å². The van der Waals surface area contributed by atoms with Crippen molar-refractivity contribution < 1.29 is 4.79 Å². The third-order valence-corrected chi connectivity index (χ3v) is 2.77. The van der Waals surface area contributed by atoms with Crippen LogP contribution >= 0.6 is 0 Å². The van der Waals surface area contributed by atoms with Crippen molar-refractivity contribution in [2.75, 3.05) is 19.0 Å². The van der Waals surface area contributed by atoms with Crippen LogP contribution in [0, 0.1) is 16.7 Å². The second-order valence-corrected chi connectivity index (χ2v) is 5.73. The maximum absolute atomic E-state index is 12.1. The van der Waals surface area contributed by atoms with E-state index in [4.69, 9.17) is 5.26 Å². The number of allylic oxidation sites excluding steroid dienone is 1. The first-order chi connectivity index (χ1) is 8.75. The Morgan fingerprint density at radius 1 is 1.21 bits per heavy atom. The van der Waals surface area contributed by atoms with E-state index in [1.165, 1.54) is 0 Å². The fourth-order valence-corrected chi connectivity index (χ4v) is 1.59. The molecule has 1 aromatic carbocycles. The Bertz CT molecular complexity index is 525. The molecule has 1 aromatic rings. The second-order valence-electron chi connectivity index (χ2n) is 5.73. The van der Waals surface area contributed by atoms with Crippen LogP contribution in [0.3, 0.4) is 0 Å². The molecule has 100 valence electrons. The zero-order valence-electron chi connectivity index (χ0n) is 12.2. The fourth-order valence-electron chi connectivity index (χ4n) is 1.59. The molecule has 0 bridgehead atoms. The number of Topliss-reactive ketones (excluding diaryl/α,β-unsaturated/α-hetero) is 1. The summed E-state index contributed by atoms with van der Waals surface area (Å²) in [6.07, 6.45) is 1.65. The minimum absolute atomic E-state index is 0.133. The van der Waals surface area contributed by atoms with Gasteiger partial charge in [0.1, 0.15) is 6.07 Å². The van der Waals surface area contributed by atoms with Gasteiger partial charge >= 0.3 is 0 Å². The summed E-state index contributed by atoms with van der Waals surface area (Å²) in [4.78, 5) is 14.1. The van der Waals surface area contributed by atoms with Gasteiger partial charge in [-0.25, -0.2) is 0 Å². The highest BCUT2D eigenvalue weighted by Crippen LogP contribution is 2.22. The number of hydrogen-bond acceptors (Lipinski definition) is 3. The summed E-state index contributed by atoms with van der Waals surface area (Å²) in [5.41, 5.74) is 1.60. The first-order valence-corrected chi connectivity index (χ1v) is 6.19. The Morgan fingerprint density at radius 3 is 2.11 bits per heavy atom. The van der Waals surface area contributed by atoms with Crippen LogP contribution in [-0.2, 0) is 4.79 Å². The van der Waals surface area contributed by atoms with Gasteiger partial charge in [0.05, 0.1) is 5.57 Å². The van der Waals surface area contributed by atoms with E-state index in [9.17, 15) is 4.79 Å². The number of carbonyl (C=O) groups is 1. The van der Waals surface area contributed by atoms with Crippen LogP contribution in [0.1, 0.15) is 26.3 Å². The number of hydrogen-bond donors (Lipinski definition) is 0. The molecule has 0 radical (unpaired) electrons. The first kappa shape index (κ1) is 15.0. The van der Waals surface area contributed by atoms with Crippen LogP contribution in [0.2, 0.25) is 0 Å². The molecule has 0 spiro atoms. The Hall–Kier alpha value is -2.08. The molecule has 0 amide bonds. The van der Waals surface area contributed by atoms with Gasteiger partial charge in [-0.1, -0.05) is 32.9 Å². The lowest BCUT2D eigenvalue weighted by atomic mass is 9.86. The number of rotatable bonds is 3. The van der Waals surface area contributed by atoms with E-state index in [0.29, 0.717) is 0 Å². The average molecular weight is 256 g/mol. The summed E-state index contributed by atoms with van der Waals surface area (Å²) in [6, 6.07) is 9.73. The zero-order valence-corrected chi connectivity index (χ0v) is 12.2. The lowest BCUT2D eigenvalue weighted by Gasteiger charge is -2.15. The minimum atomic E-state index is -0.537. The van der Waals surface area contributed by atoms with Crippen LogP contribution in [0.25, 0.3) is 6.08 Å². The number of carbonyl (C=O) groups excluding carboxylic acids is 1. The van der Waals surface area contributed by atoms with Crippen LogP contribution in [0.15, 0.2) is 29.8 Å². The Balaban J connectivity index is 3.06. The standard InChI is InChI=1S/C16H20N2O/c1-16(2,3)15(19)13(11-17)10-12-6-8-14(9-7-12)18(4)5/h6-10H,1-5H3. The molecule has 1 rings (SSSR count). The van der Waals surface area contributed by atoms with Crippen molar-refractivity contribution in [2.24, 2.45) is 5.41 Å². The molecule has 0 aromatic heterocycles. The van der Waals surface area contributed by atoms with Crippen molar-refractivity contribution in [3.8, 4) is 6.07 Å². The number of ketones is 1. The summed E-state index contributed by atoms with van der Waals surface area (Å²) in [7, 11) is 3.93. The van der Waals surface area contributed by atoms with E-state index in [0.717, 1.165) is 11.3 Å². The van der Waals surface area contributed by atoms with E-state index in [1.54, 1.807) is 6.08 Å². The van der Waals surface area contributed by atoms with Crippen molar-refractivity contribution in [3.63, 3.8) is 0 Å². The summed E-state index contributed by atoms with van der Waals surface area (Å²) >= 11 is 0. The van der Waals surface area contributed by atoms with Crippen LogP contribution in [0.4, 0.5) is 5.69 Å². The Morgan fingerprint density at radius 2 is 1.74 bits per heavy atom. The molecule has 3 heteroatoms. The summed E-state index contributed by atoms with van der Waals surface area (Å²) < 4.78 is 0. The molecule has 0 N–H and O–H groups in total. The van der Waals surface area contributed by atoms with Gasteiger partial charge < -0.3 is 4.90 Å². The minimum Gasteiger partial charge on any atom is -0.378 e. The van der Waals surface area contributed by atoms with Crippen molar-refractivity contribution >= 4 is 17.5 Å². The van der Waals surface area contributed by atoms with Gasteiger partial charge in [-0.2, -0.15) is 5.26 Å². The largest absolute Gasteiger partial charge is 0.378 e. The molecule has 0 saturated carbocycles. The van der Waals surface area contributed by atoms with Crippen molar-refractivity contribution in [2.45, 2.75) is 20.8 Å². The average Bonchev–Trinajstić information content (AvgIpc) is 2.34. The van der Waals surface area contributed by atoms with E-state index < -0.39 is 5.41 Å². The monoisotopic (exact) mass is 256 g/mol. The van der Waals surface area contributed by atoms with Crippen LogP contribution in [-0.4, -0.2) is 19.9 Å². The van der Waals surface area contributed by atoms with E-state index >= 15 is 0 Å². The Labute approximate surface area is 115 Å². The van der Waals surface area contributed by atoms with Gasteiger partial charge in [-0.3, -0.25) is 4.79 Å². The highest BCUT2D eigenvalue weighted by Gasteiger charge is 2.24. The molecular formula is C16H20N2O. The number of nitrogens with zero attached hydrogens (tertiary/aromatic N) is 2. The number of nitriles is 1. The third-order valence-electron chi connectivity index (χ3n) is 2.77. The highest BCUT2D eigenvalue weighted by molar-refractivity contribution is 6.06. The van der Waals surface area contributed by atoms with Crippen LogP contribution < -0.4 is 4.90 Å². The van der Waals surface area contributed by atoms with Gasteiger partial charge in [0.2, 0.25) is 0 Å². The summed E-state index contributed by atoms with van der Waals surface area (Å²) in [6.45, 7) is 5.45. The number of benzene rings is 1. The number of anilines is 1. The second kappa shape index (κ2) is 5.71. The predicted molar refractivity (Wildman–Crippen MR) is 78.8 cm³/mol. The lowest BCUT2D eigenvalue weighted by Crippen LogP contribution is -2.21. The molecule has 0 fully saturated rings. The van der Waals surface area contributed by atoms with E-state index in [-0.39, 0.29) is 11.4 Å². The molecule has 0 atom stereocenters. The lowest BCUT2D eigenvalue weighted by molar-refractivity contribution is -0.121. The van der Waals surface area contributed by atoms with Gasteiger partial charge in [0, 0.05) is 25.2 Å². The summed E-state index contributed by atoms with van der Waals surface area (Å²) in [5.74, 6) is -0.133. The molecule has 0 heterocycles. The molecule has 19 heavy (non-hydrogen) atoms. The van der Waals surface area contributed by atoms with Crippen molar-refractivity contribution in [3.05, 3.63) is 35.4 Å². The molecular weight excluding hydrogens is 236 g/mol. The van der Waals surface area contributed by atoms with Crippen LogP contribution in [0.5, 0.6) is 0 Å². The molecule has 0 aliphatic heterocycles. The smallest absolute Gasteiger partial charge is 0.178 e. The zero-order chi connectivity index (χ0) is 14.6. The van der Waals surface area contributed by atoms with Crippen molar-refractivity contribution in [1.29, 1.82) is 5.26 Å². The van der Waals surface area contributed by atoms with Gasteiger partial charge in [0.15, 0.2) is 5.78 Å². The quantitative estimate of drug-likeness (QED) is 0.616. The SMILES string of the molecule is CN(C)c1ccc(C=C(C#N)C(=O)C(C)(C)C)cc1. The molecule has 0 aliphatic rings. The van der Waals surface area contributed by atoms with Gasteiger partial charge in [-0.15, -0.1) is 0 Å². The predicted octanol–water partition coefficient (Wildman–Crippen LogP) is 3.27. The van der Waals surface area contributed by atoms with Gasteiger partial charge in [-0.05, 0) is 23.8 Å². The molecule has 0 unspecified atom stereocenters. The normalized spacial score (nSPS) is 11.9. The first-order valence-electron chi connectivity index (χ1n) is 6.19. The molecule has 0 saturated heterocycles. The molecule has 3 nitrogen and oxygen atoms in total. The van der Waals surface area contributed by atoms with E-state index in [2.05, 4.69) is 0 Å². The summed E-state index contributed by atoms with van der Waals surface area (Å²) in [5, 5.41) is 9.12. The van der Waals surface area contributed by atoms with Crippen molar-refractivity contribution in [1.82, 2.24) is 0 Å². The van der Waals surface area contributed by atoms with Gasteiger partial charge in [0.25, 0.3) is 0 Å².